The van der Waals surface area contributed by atoms with Crippen molar-refractivity contribution in [2.24, 2.45) is 26.8 Å². The number of carbonyl (C=O) groups is 1. The molecule has 4 N–H and O–H groups in total. The number of allylic oxidation sites excluding steroid dienone is 4. The predicted octanol–water partition coefficient (Wildman–Crippen LogP) is 1.98. The fourth-order valence-corrected chi connectivity index (χ4v) is 2.33. The lowest BCUT2D eigenvalue weighted by Crippen LogP contribution is -2.47. The molecule has 1 rings (SSSR count). The third-order valence-electron chi connectivity index (χ3n) is 3.91. The molecule has 31 heavy (non-hydrogen) atoms. The number of hydrogen-bond donors (Lipinski definition) is 2. The van der Waals surface area contributed by atoms with Crippen LogP contribution in [0.1, 0.15) is 13.3 Å². The zero-order valence-corrected chi connectivity index (χ0v) is 18.1. The van der Waals surface area contributed by atoms with E-state index < -0.39 is 6.03 Å². The minimum absolute atomic E-state index is 0.192. The summed E-state index contributed by atoms with van der Waals surface area (Å²) in [6, 6.07) is -0.541. The first-order valence-corrected chi connectivity index (χ1v) is 9.73. The Morgan fingerprint density at radius 3 is 2.74 bits per heavy atom. The lowest BCUT2D eigenvalue weighted by atomic mass is 10.3. The zero-order chi connectivity index (χ0) is 22.9. The molecule has 10 heteroatoms. The molecule has 0 aromatic heterocycles. The number of nitrogens with zero attached hydrogens (tertiary/aromatic N) is 6. The zero-order valence-electron chi connectivity index (χ0n) is 18.1. The van der Waals surface area contributed by atoms with Crippen molar-refractivity contribution in [2.75, 3.05) is 26.8 Å². The molecule has 0 aliphatic carbocycles. The molecule has 0 saturated carbocycles. The summed E-state index contributed by atoms with van der Waals surface area (Å²) >= 11 is 0. The van der Waals surface area contributed by atoms with Gasteiger partial charge in [0, 0.05) is 44.5 Å². The predicted molar refractivity (Wildman–Crippen MR) is 126 cm³/mol. The van der Waals surface area contributed by atoms with Gasteiger partial charge < -0.3 is 4.74 Å². The molecule has 10 nitrogen and oxygen atoms in total. The molecule has 168 valence electrons. The highest BCUT2D eigenvalue weighted by Crippen LogP contribution is 2.08. The van der Waals surface area contributed by atoms with E-state index in [9.17, 15) is 4.79 Å². The van der Waals surface area contributed by atoms with E-state index in [1.165, 1.54) is 7.05 Å². The molecular weight excluding hydrogens is 396 g/mol. The smallest absolute Gasteiger partial charge is 0.352 e. The summed E-state index contributed by atoms with van der Waals surface area (Å²) in [6.45, 7) is 6.60. The first-order valence-electron chi connectivity index (χ1n) is 9.73. The maximum atomic E-state index is 12.0. The summed E-state index contributed by atoms with van der Waals surface area (Å²) in [5.74, 6) is 11.4. The molecule has 1 atom stereocenters. The molecule has 1 unspecified atom stereocenters. The number of carbonyl (C=O) groups excluding carboxylic acids is 1. The van der Waals surface area contributed by atoms with E-state index in [1.807, 2.05) is 43.4 Å². The number of ether oxygens (including phenoxy) is 1. The molecule has 0 aromatic rings. The van der Waals surface area contributed by atoms with E-state index in [-0.39, 0.29) is 12.8 Å². The molecule has 2 amide bonds. The SMILES string of the molecule is C=NN(C/C=C\COC/C=C(/C/C=C\N=CC)N(N)C(=O)N(C)N)C1C=CC=CC=N1. The van der Waals surface area contributed by atoms with E-state index in [4.69, 9.17) is 16.4 Å². The van der Waals surface area contributed by atoms with Gasteiger partial charge >= 0.3 is 6.03 Å². The van der Waals surface area contributed by atoms with Crippen molar-refractivity contribution >= 4 is 25.2 Å². The van der Waals surface area contributed by atoms with Crippen molar-refractivity contribution in [3.8, 4) is 0 Å². The lowest BCUT2D eigenvalue weighted by molar-refractivity contribution is 0.172. The average molecular weight is 429 g/mol. The molecule has 0 fully saturated rings. The van der Waals surface area contributed by atoms with Crippen molar-refractivity contribution in [3.63, 3.8) is 0 Å². The molecule has 0 spiro atoms. The number of aliphatic imine (C=N–C) groups is 2. The molecule has 0 radical (unpaired) electrons. The van der Waals surface area contributed by atoms with Crippen LogP contribution in [-0.4, -0.2) is 73.2 Å². The summed E-state index contributed by atoms with van der Waals surface area (Å²) in [6.07, 6.45) is 20.2. The summed E-state index contributed by atoms with van der Waals surface area (Å²) in [5.41, 5.74) is 0.544. The van der Waals surface area contributed by atoms with Crippen LogP contribution in [0.25, 0.3) is 0 Å². The Morgan fingerprint density at radius 1 is 1.23 bits per heavy atom. The quantitative estimate of drug-likeness (QED) is 0.123. The van der Waals surface area contributed by atoms with Gasteiger partial charge in [-0.1, -0.05) is 30.4 Å². The number of rotatable bonds is 12. The van der Waals surface area contributed by atoms with Crippen molar-refractivity contribution in [1.82, 2.24) is 15.0 Å². The lowest BCUT2D eigenvalue weighted by Gasteiger charge is -2.22. The van der Waals surface area contributed by atoms with Crippen LogP contribution in [0.4, 0.5) is 4.79 Å². The largest absolute Gasteiger partial charge is 0.373 e. The number of amides is 2. The van der Waals surface area contributed by atoms with Gasteiger partial charge in [0.25, 0.3) is 0 Å². The monoisotopic (exact) mass is 428 g/mol. The molecule has 0 saturated heterocycles. The molecular formula is C21H32N8O2. The van der Waals surface area contributed by atoms with Crippen molar-refractivity contribution < 1.29 is 9.53 Å². The van der Waals surface area contributed by atoms with E-state index in [2.05, 4.69) is 21.8 Å². The van der Waals surface area contributed by atoms with Crippen LogP contribution in [-0.2, 0) is 4.74 Å². The number of urea groups is 1. The number of hydrogen-bond acceptors (Lipinski definition) is 8. The first kappa shape index (κ1) is 25.7. The second-order valence-corrected chi connectivity index (χ2v) is 6.21. The fourth-order valence-electron chi connectivity index (χ4n) is 2.33. The highest BCUT2D eigenvalue weighted by Gasteiger charge is 2.15. The summed E-state index contributed by atoms with van der Waals surface area (Å²) in [5, 5.41) is 7.66. The van der Waals surface area contributed by atoms with Gasteiger partial charge in [0.15, 0.2) is 6.17 Å². The molecule has 1 heterocycles. The maximum absolute atomic E-state index is 12.0. The summed E-state index contributed by atoms with van der Waals surface area (Å²) in [4.78, 5) is 20.4. The normalized spacial score (nSPS) is 16.4. The van der Waals surface area contributed by atoms with Crippen LogP contribution in [0, 0.1) is 0 Å². The van der Waals surface area contributed by atoms with Gasteiger partial charge in [0.2, 0.25) is 0 Å². The van der Waals surface area contributed by atoms with E-state index in [1.54, 1.807) is 35.8 Å². The van der Waals surface area contributed by atoms with E-state index >= 15 is 0 Å². The Bertz CT molecular complexity index is 749. The van der Waals surface area contributed by atoms with Gasteiger partial charge in [0.05, 0.1) is 19.8 Å². The summed E-state index contributed by atoms with van der Waals surface area (Å²) < 4.78 is 5.59. The summed E-state index contributed by atoms with van der Waals surface area (Å²) in [7, 11) is 1.42. The van der Waals surface area contributed by atoms with Gasteiger partial charge in [-0.25, -0.2) is 21.5 Å². The van der Waals surface area contributed by atoms with E-state index in [0.717, 1.165) is 10.0 Å². The minimum Gasteiger partial charge on any atom is -0.373 e. The molecule has 1 aliphatic rings. The van der Waals surface area contributed by atoms with Crippen LogP contribution in [0.15, 0.2) is 75.6 Å². The van der Waals surface area contributed by atoms with Crippen LogP contribution in [0.3, 0.4) is 0 Å². The average Bonchev–Trinajstić information content (AvgIpc) is 3.05. The highest BCUT2D eigenvalue weighted by molar-refractivity contribution is 5.74. The molecule has 0 aromatic carbocycles. The first-order chi connectivity index (χ1) is 15.0. The van der Waals surface area contributed by atoms with Crippen molar-refractivity contribution in [3.05, 3.63) is 60.5 Å². The number of hydrazine groups is 2. The highest BCUT2D eigenvalue weighted by atomic mass is 16.5. The maximum Gasteiger partial charge on any atom is 0.352 e. The van der Waals surface area contributed by atoms with Crippen LogP contribution in [0.5, 0.6) is 0 Å². The van der Waals surface area contributed by atoms with Gasteiger partial charge in [-0.15, -0.1) is 0 Å². The standard InChI is InChI=1S/C21H32N8O2/c1-4-25-14-10-11-19(29(23)21(30)27(3)22)13-18-31-17-9-8-16-28(24-2)20-12-6-5-7-15-26-20/h4-10,12-15,20H,2,11,16-18,22-23H2,1,3H3/b9-8-,14-10-,19-13-,25-4?. The Kier molecular flexibility index (Phi) is 12.8. The topological polar surface area (TPSA) is 125 Å². The van der Waals surface area contributed by atoms with Crippen LogP contribution < -0.4 is 11.7 Å². The van der Waals surface area contributed by atoms with Crippen LogP contribution in [0.2, 0.25) is 0 Å². The Balaban J connectivity index is 2.54. The van der Waals surface area contributed by atoms with Gasteiger partial charge in [-0.05, 0) is 25.2 Å². The van der Waals surface area contributed by atoms with Crippen molar-refractivity contribution in [1.29, 1.82) is 0 Å². The third kappa shape index (κ3) is 10.3. The Hall–Kier alpha value is -3.34. The van der Waals surface area contributed by atoms with Gasteiger partial charge in [-0.2, -0.15) is 5.10 Å². The van der Waals surface area contributed by atoms with Crippen LogP contribution >= 0.6 is 0 Å². The van der Waals surface area contributed by atoms with Gasteiger partial charge in [-0.3, -0.25) is 20.0 Å². The number of nitrogens with two attached hydrogens (primary N) is 2. The minimum atomic E-state index is -0.541. The number of hydrazone groups is 1. The van der Waals surface area contributed by atoms with E-state index in [0.29, 0.717) is 25.3 Å². The third-order valence-corrected chi connectivity index (χ3v) is 3.91. The second kappa shape index (κ2) is 15.5. The Labute approximate surface area is 183 Å². The van der Waals surface area contributed by atoms with Crippen molar-refractivity contribution in [2.45, 2.75) is 19.5 Å². The second-order valence-electron chi connectivity index (χ2n) is 6.21. The van der Waals surface area contributed by atoms with Gasteiger partial charge in [0.1, 0.15) is 0 Å². The Morgan fingerprint density at radius 2 is 2.03 bits per heavy atom. The molecule has 1 aliphatic heterocycles. The fraction of sp³-hybridized carbons (Fsp3) is 0.333. The molecule has 0 bridgehead atoms.